The Labute approximate surface area is 104 Å². The molecule has 2 rings (SSSR count). The fourth-order valence-corrected chi connectivity index (χ4v) is 1.75. The topological polar surface area (TPSA) is 77.1 Å². The molecule has 3 N–H and O–H groups in total. The summed E-state index contributed by atoms with van der Waals surface area (Å²) in [5, 5.41) is 0. The number of nitrogen functional groups attached to an aromatic ring is 1. The van der Waals surface area contributed by atoms with Gasteiger partial charge in [0, 0.05) is 23.6 Å². The van der Waals surface area contributed by atoms with Crippen molar-refractivity contribution in [3.63, 3.8) is 0 Å². The lowest BCUT2D eigenvalue weighted by Gasteiger charge is -2.11. The largest absolute Gasteiger partial charge is 0.320 e. The predicted molar refractivity (Wildman–Crippen MR) is 68.4 cm³/mol. The van der Waals surface area contributed by atoms with Gasteiger partial charge in [0.05, 0.1) is 0 Å². The standard InChI is InChI=1S/C13H13N3O2/c1-9-7-12(17)11(13(18)15-14)8-16(9)10-5-3-2-4-6-10/h2-8H,14H2,1H3,(H,15,18). The van der Waals surface area contributed by atoms with Gasteiger partial charge in [-0.3, -0.25) is 15.0 Å². The summed E-state index contributed by atoms with van der Waals surface area (Å²) in [7, 11) is 0. The number of pyridine rings is 1. The Morgan fingerprint density at radius 2 is 1.94 bits per heavy atom. The van der Waals surface area contributed by atoms with E-state index in [1.165, 1.54) is 12.3 Å². The van der Waals surface area contributed by atoms with Crippen molar-refractivity contribution in [2.75, 3.05) is 0 Å². The zero-order valence-corrected chi connectivity index (χ0v) is 9.88. The van der Waals surface area contributed by atoms with Gasteiger partial charge in [-0.05, 0) is 19.1 Å². The molecule has 0 aliphatic heterocycles. The number of para-hydroxylation sites is 1. The molecule has 0 atom stereocenters. The number of hydrazine groups is 1. The zero-order chi connectivity index (χ0) is 13.1. The molecule has 92 valence electrons. The summed E-state index contributed by atoms with van der Waals surface area (Å²) in [5.41, 5.74) is 3.27. The molecule has 1 heterocycles. The number of aromatic nitrogens is 1. The molecule has 0 radical (unpaired) electrons. The van der Waals surface area contributed by atoms with E-state index in [2.05, 4.69) is 0 Å². The van der Waals surface area contributed by atoms with Crippen LogP contribution in [0, 0.1) is 6.92 Å². The maximum absolute atomic E-state index is 11.7. The van der Waals surface area contributed by atoms with E-state index in [0.29, 0.717) is 0 Å². The van der Waals surface area contributed by atoms with Gasteiger partial charge >= 0.3 is 0 Å². The lowest BCUT2D eigenvalue weighted by molar-refractivity contribution is 0.0952. The molecule has 1 aromatic heterocycles. The van der Waals surface area contributed by atoms with E-state index in [-0.39, 0.29) is 11.0 Å². The number of hydrogen-bond donors (Lipinski definition) is 2. The van der Waals surface area contributed by atoms with Crippen LogP contribution >= 0.6 is 0 Å². The van der Waals surface area contributed by atoms with Crippen LogP contribution in [0.25, 0.3) is 5.69 Å². The van der Waals surface area contributed by atoms with Crippen LogP contribution in [-0.2, 0) is 0 Å². The van der Waals surface area contributed by atoms with Crippen LogP contribution in [0.3, 0.4) is 0 Å². The van der Waals surface area contributed by atoms with Crippen LogP contribution < -0.4 is 16.7 Å². The average molecular weight is 243 g/mol. The number of amides is 1. The minimum atomic E-state index is -0.593. The Morgan fingerprint density at radius 3 is 2.56 bits per heavy atom. The zero-order valence-electron chi connectivity index (χ0n) is 9.88. The molecule has 0 aliphatic carbocycles. The van der Waals surface area contributed by atoms with E-state index in [1.807, 2.05) is 35.8 Å². The molecule has 0 saturated carbocycles. The van der Waals surface area contributed by atoms with E-state index in [0.717, 1.165) is 11.4 Å². The van der Waals surface area contributed by atoms with Crippen molar-refractivity contribution in [3.05, 3.63) is 64.1 Å². The molecule has 0 saturated heterocycles. The maximum Gasteiger partial charge on any atom is 0.270 e. The molecule has 0 fully saturated rings. The molecule has 0 spiro atoms. The first-order valence-electron chi connectivity index (χ1n) is 5.43. The van der Waals surface area contributed by atoms with Gasteiger partial charge in [-0.1, -0.05) is 18.2 Å². The average Bonchev–Trinajstić information content (AvgIpc) is 2.39. The lowest BCUT2D eigenvalue weighted by atomic mass is 10.2. The number of nitrogens with one attached hydrogen (secondary N) is 1. The normalized spacial score (nSPS) is 10.1. The van der Waals surface area contributed by atoms with Crippen molar-refractivity contribution < 1.29 is 4.79 Å². The summed E-state index contributed by atoms with van der Waals surface area (Å²) in [6, 6.07) is 10.9. The number of nitrogens with zero attached hydrogens (tertiary/aromatic N) is 1. The number of nitrogens with two attached hydrogens (primary N) is 1. The third-order valence-corrected chi connectivity index (χ3v) is 2.65. The second kappa shape index (κ2) is 4.85. The van der Waals surface area contributed by atoms with Gasteiger partial charge in [0.15, 0.2) is 5.43 Å². The molecular weight excluding hydrogens is 230 g/mol. The Kier molecular flexibility index (Phi) is 3.25. The third-order valence-electron chi connectivity index (χ3n) is 2.65. The maximum atomic E-state index is 11.7. The monoisotopic (exact) mass is 243 g/mol. The SMILES string of the molecule is Cc1cc(=O)c(C(=O)NN)cn1-c1ccccc1. The molecule has 2 aromatic rings. The van der Waals surface area contributed by atoms with Gasteiger partial charge in [-0.25, -0.2) is 5.84 Å². The van der Waals surface area contributed by atoms with Crippen molar-refractivity contribution in [3.8, 4) is 5.69 Å². The summed E-state index contributed by atoms with van der Waals surface area (Å²) >= 11 is 0. The Bertz CT molecular complexity index is 632. The van der Waals surface area contributed by atoms with Gasteiger partial charge in [-0.15, -0.1) is 0 Å². The minimum absolute atomic E-state index is 0.0203. The van der Waals surface area contributed by atoms with E-state index in [1.54, 1.807) is 11.5 Å². The van der Waals surface area contributed by atoms with Crippen LogP contribution in [0.4, 0.5) is 0 Å². The first-order chi connectivity index (χ1) is 8.63. The molecule has 5 nitrogen and oxygen atoms in total. The summed E-state index contributed by atoms with van der Waals surface area (Å²) in [6.07, 6.45) is 1.50. The highest BCUT2D eigenvalue weighted by atomic mass is 16.2. The molecule has 18 heavy (non-hydrogen) atoms. The van der Waals surface area contributed by atoms with Crippen LogP contribution in [0.2, 0.25) is 0 Å². The highest BCUT2D eigenvalue weighted by Gasteiger charge is 2.11. The first kappa shape index (κ1) is 12.1. The van der Waals surface area contributed by atoms with Crippen molar-refractivity contribution in [2.45, 2.75) is 6.92 Å². The number of aryl methyl sites for hydroxylation is 1. The van der Waals surface area contributed by atoms with E-state index < -0.39 is 5.91 Å². The van der Waals surface area contributed by atoms with E-state index >= 15 is 0 Å². The number of carbonyl (C=O) groups excluding carboxylic acids is 1. The number of hydrogen-bond acceptors (Lipinski definition) is 3. The fraction of sp³-hybridized carbons (Fsp3) is 0.0769. The summed E-state index contributed by atoms with van der Waals surface area (Å²) in [4.78, 5) is 23.2. The van der Waals surface area contributed by atoms with Crippen LogP contribution in [-0.4, -0.2) is 10.5 Å². The van der Waals surface area contributed by atoms with E-state index in [9.17, 15) is 9.59 Å². The Morgan fingerprint density at radius 1 is 1.28 bits per heavy atom. The van der Waals surface area contributed by atoms with Crippen LogP contribution in [0.5, 0.6) is 0 Å². The molecule has 0 unspecified atom stereocenters. The fourth-order valence-electron chi connectivity index (χ4n) is 1.75. The summed E-state index contributed by atoms with van der Waals surface area (Å²) < 4.78 is 1.77. The number of carbonyl (C=O) groups is 1. The highest BCUT2D eigenvalue weighted by Crippen LogP contribution is 2.10. The molecule has 1 amide bonds. The van der Waals surface area contributed by atoms with Gasteiger partial charge in [0.2, 0.25) is 0 Å². The quantitative estimate of drug-likeness (QED) is 0.464. The molecule has 0 bridgehead atoms. The Balaban J connectivity index is 2.63. The van der Waals surface area contributed by atoms with Crippen LogP contribution in [0.15, 0.2) is 47.4 Å². The van der Waals surface area contributed by atoms with Crippen molar-refractivity contribution >= 4 is 5.91 Å². The first-order valence-corrected chi connectivity index (χ1v) is 5.43. The van der Waals surface area contributed by atoms with Crippen molar-refractivity contribution in [2.24, 2.45) is 5.84 Å². The lowest BCUT2D eigenvalue weighted by Crippen LogP contribution is -2.34. The van der Waals surface area contributed by atoms with Gasteiger partial charge in [0.25, 0.3) is 5.91 Å². The predicted octanol–water partition coefficient (Wildman–Crippen LogP) is 0.749. The second-order valence-electron chi connectivity index (χ2n) is 3.87. The number of benzene rings is 1. The smallest absolute Gasteiger partial charge is 0.270 e. The molecule has 5 heteroatoms. The summed E-state index contributed by atoms with van der Waals surface area (Å²) in [5.74, 6) is 4.46. The minimum Gasteiger partial charge on any atom is -0.320 e. The number of rotatable bonds is 2. The summed E-state index contributed by atoms with van der Waals surface area (Å²) in [6.45, 7) is 1.80. The van der Waals surface area contributed by atoms with Crippen molar-refractivity contribution in [1.29, 1.82) is 0 Å². The highest BCUT2D eigenvalue weighted by molar-refractivity contribution is 5.93. The molecular formula is C13H13N3O2. The van der Waals surface area contributed by atoms with Gasteiger partial charge in [0.1, 0.15) is 5.56 Å². The second-order valence-corrected chi connectivity index (χ2v) is 3.87. The molecule has 1 aromatic carbocycles. The van der Waals surface area contributed by atoms with Crippen LogP contribution in [0.1, 0.15) is 16.1 Å². The molecule has 0 aliphatic rings. The van der Waals surface area contributed by atoms with Gasteiger partial charge in [-0.2, -0.15) is 0 Å². The van der Waals surface area contributed by atoms with E-state index in [4.69, 9.17) is 5.84 Å². The Hall–Kier alpha value is -2.40. The third kappa shape index (κ3) is 2.16. The van der Waals surface area contributed by atoms with Gasteiger partial charge < -0.3 is 4.57 Å². The van der Waals surface area contributed by atoms with Crippen molar-refractivity contribution in [1.82, 2.24) is 9.99 Å².